The number of carbonyl (C=O) groups is 1. The molecule has 0 radical (unpaired) electrons. The van der Waals surface area contributed by atoms with Gasteiger partial charge in [0.25, 0.3) is 5.91 Å². The van der Waals surface area contributed by atoms with Crippen molar-refractivity contribution in [3.8, 4) is 0 Å². The van der Waals surface area contributed by atoms with E-state index in [-0.39, 0.29) is 5.91 Å². The number of likely N-dealkylation sites (tertiary alicyclic amines) is 1. The van der Waals surface area contributed by atoms with Gasteiger partial charge in [-0.3, -0.25) is 9.78 Å². The highest BCUT2D eigenvalue weighted by atomic mass is 32.1. The van der Waals surface area contributed by atoms with Gasteiger partial charge in [-0.25, -0.2) is 0 Å². The van der Waals surface area contributed by atoms with Gasteiger partial charge in [-0.2, -0.15) is 0 Å². The van der Waals surface area contributed by atoms with Crippen molar-refractivity contribution in [2.75, 3.05) is 13.1 Å². The highest BCUT2D eigenvalue weighted by Crippen LogP contribution is 2.14. The highest BCUT2D eigenvalue weighted by molar-refractivity contribution is 7.11. The van der Waals surface area contributed by atoms with Crippen LogP contribution in [0, 0.1) is 0 Å². The summed E-state index contributed by atoms with van der Waals surface area (Å²) in [5, 5.41) is 0. The molecule has 1 fully saturated rings. The summed E-state index contributed by atoms with van der Waals surface area (Å²) >= 11 is 1.41. The Bertz CT molecular complexity index is 253. The van der Waals surface area contributed by atoms with Crippen LogP contribution in [-0.2, 0) is 0 Å². The lowest BCUT2D eigenvalue weighted by Gasteiger charge is -2.30. The molecule has 0 aliphatic carbocycles. The van der Waals surface area contributed by atoms with Crippen molar-refractivity contribution in [3.05, 3.63) is 16.6 Å². The normalized spacial score (nSPS) is 16.2. The van der Waals surface area contributed by atoms with E-state index in [9.17, 15) is 4.79 Å². The van der Waals surface area contributed by atoms with Crippen molar-refractivity contribution in [2.24, 2.45) is 0 Å². The summed E-state index contributed by atoms with van der Waals surface area (Å²) in [4.78, 5) is 17.8. The standard InChI is InChI=1S/C7H8N2OS/c10-7(9-2-1-3-9)6-4-8-5-11-6/h4-5H,1-3H2. The molecular weight excluding hydrogens is 160 g/mol. The van der Waals surface area contributed by atoms with E-state index in [4.69, 9.17) is 0 Å². The predicted molar refractivity (Wildman–Crippen MR) is 42.6 cm³/mol. The third kappa shape index (κ3) is 1.14. The SMILES string of the molecule is O=C(c1cncs1)N1CCC1. The van der Waals surface area contributed by atoms with E-state index in [1.165, 1.54) is 11.3 Å². The van der Waals surface area contributed by atoms with Crippen LogP contribution in [0.4, 0.5) is 0 Å². The fourth-order valence-corrected chi connectivity index (χ4v) is 1.58. The van der Waals surface area contributed by atoms with Crippen LogP contribution < -0.4 is 0 Å². The summed E-state index contributed by atoms with van der Waals surface area (Å²) in [5.41, 5.74) is 1.69. The van der Waals surface area contributed by atoms with Crippen LogP contribution in [0.5, 0.6) is 0 Å². The summed E-state index contributed by atoms with van der Waals surface area (Å²) in [5.74, 6) is 0.138. The highest BCUT2D eigenvalue weighted by Gasteiger charge is 2.22. The Morgan fingerprint density at radius 1 is 1.64 bits per heavy atom. The van der Waals surface area contributed by atoms with Gasteiger partial charge in [-0.1, -0.05) is 0 Å². The van der Waals surface area contributed by atoms with Crippen LogP contribution in [0.25, 0.3) is 0 Å². The topological polar surface area (TPSA) is 33.2 Å². The molecule has 2 heterocycles. The zero-order valence-electron chi connectivity index (χ0n) is 5.99. The van der Waals surface area contributed by atoms with E-state index in [1.807, 2.05) is 4.90 Å². The molecule has 1 aliphatic heterocycles. The molecule has 1 saturated heterocycles. The number of carbonyl (C=O) groups excluding carboxylic acids is 1. The monoisotopic (exact) mass is 168 g/mol. The Hall–Kier alpha value is -0.900. The molecule has 11 heavy (non-hydrogen) atoms. The smallest absolute Gasteiger partial charge is 0.265 e. The molecule has 2 rings (SSSR count). The molecule has 1 aromatic rings. The van der Waals surface area contributed by atoms with Crippen LogP contribution in [0.1, 0.15) is 16.1 Å². The average Bonchev–Trinajstić information content (AvgIpc) is 2.32. The van der Waals surface area contributed by atoms with Crippen LogP contribution in [0.3, 0.4) is 0 Å². The zero-order chi connectivity index (χ0) is 7.68. The van der Waals surface area contributed by atoms with E-state index in [0.717, 1.165) is 24.4 Å². The quantitative estimate of drug-likeness (QED) is 0.626. The first-order valence-electron chi connectivity index (χ1n) is 3.56. The van der Waals surface area contributed by atoms with Crippen molar-refractivity contribution < 1.29 is 4.79 Å². The van der Waals surface area contributed by atoms with Gasteiger partial charge in [-0.15, -0.1) is 11.3 Å². The molecular formula is C7H8N2OS. The molecule has 1 aromatic heterocycles. The first-order chi connectivity index (χ1) is 5.38. The molecule has 0 bridgehead atoms. The third-order valence-corrected chi connectivity index (χ3v) is 2.55. The third-order valence-electron chi connectivity index (χ3n) is 1.79. The molecule has 58 valence electrons. The van der Waals surface area contributed by atoms with Crippen molar-refractivity contribution in [1.82, 2.24) is 9.88 Å². The van der Waals surface area contributed by atoms with Gasteiger partial charge in [-0.05, 0) is 6.42 Å². The first kappa shape index (κ1) is 6.79. The van der Waals surface area contributed by atoms with Gasteiger partial charge < -0.3 is 4.90 Å². The van der Waals surface area contributed by atoms with Crippen molar-refractivity contribution in [3.63, 3.8) is 0 Å². The summed E-state index contributed by atoms with van der Waals surface area (Å²) < 4.78 is 0. The van der Waals surface area contributed by atoms with E-state index >= 15 is 0 Å². The number of hydrogen-bond donors (Lipinski definition) is 0. The number of amides is 1. The number of thiazole rings is 1. The molecule has 0 aromatic carbocycles. The minimum Gasteiger partial charge on any atom is -0.338 e. The Labute approximate surface area is 68.7 Å². The lowest BCUT2D eigenvalue weighted by atomic mass is 10.2. The van der Waals surface area contributed by atoms with Crippen LogP contribution in [-0.4, -0.2) is 28.9 Å². The molecule has 1 amide bonds. The molecule has 3 nitrogen and oxygen atoms in total. The van der Waals surface area contributed by atoms with Gasteiger partial charge in [0, 0.05) is 13.1 Å². The van der Waals surface area contributed by atoms with E-state index in [1.54, 1.807) is 11.7 Å². The zero-order valence-corrected chi connectivity index (χ0v) is 6.80. The molecule has 0 N–H and O–H groups in total. The lowest BCUT2D eigenvalue weighted by molar-refractivity contribution is 0.0656. The van der Waals surface area contributed by atoms with Gasteiger partial charge >= 0.3 is 0 Å². The number of hydrogen-bond acceptors (Lipinski definition) is 3. The fourth-order valence-electron chi connectivity index (χ4n) is 0.997. The maximum absolute atomic E-state index is 11.4. The number of aromatic nitrogens is 1. The van der Waals surface area contributed by atoms with Crippen LogP contribution >= 0.6 is 11.3 Å². The second-order valence-corrected chi connectivity index (χ2v) is 3.40. The Balaban J connectivity index is 2.10. The van der Waals surface area contributed by atoms with Gasteiger partial charge in [0.1, 0.15) is 4.88 Å². The van der Waals surface area contributed by atoms with Gasteiger partial charge in [0.15, 0.2) is 0 Å². The van der Waals surface area contributed by atoms with E-state index in [0.29, 0.717) is 0 Å². The molecule has 0 spiro atoms. The lowest BCUT2D eigenvalue weighted by Crippen LogP contribution is -2.41. The number of rotatable bonds is 1. The van der Waals surface area contributed by atoms with Crippen LogP contribution in [0.15, 0.2) is 11.7 Å². The van der Waals surface area contributed by atoms with E-state index in [2.05, 4.69) is 4.98 Å². The fraction of sp³-hybridized carbons (Fsp3) is 0.429. The molecule has 4 heteroatoms. The number of nitrogens with zero attached hydrogens (tertiary/aromatic N) is 2. The second-order valence-electron chi connectivity index (χ2n) is 2.51. The molecule has 0 saturated carbocycles. The van der Waals surface area contributed by atoms with Crippen LogP contribution in [0.2, 0.25) is 0 Å². The summed E-state index contributed by atoms with van der Waals surface area (Å²) in [6.07, 6.45) is 2.77. The summed E-state index contributed by atoms with van der Waals surface area (Å²) in [7, 11) is 0. The minimum absolute atomic E-state index is 0.138. The molecule has 0 unspecified atom stereocenters. The minimum atomic E-state index is 0.138. The molecule has 1 aliphatic rings. The Morgan fingerprint density at radius 2 is 2.45 bits per heavy atom. The summed E-state index contributed by atoms with van der Waals surface area (Å²) in [6, 6.07) is 0. The Morgan fingerprint density at radius 3 is 2.91 bits per heavy atom. The predicted octanol–water partition coefficient (Wildman–Crippen LogP) is 0.989. The van der Waals surface area contributed by atoms with Gasteiger partial charge in [0.2, 0.25) is 0 Å². The van der Waals surface area contributed by atoms with Crippen molar-refractivity contribution in [2.45, 2.75) is 6.42 Å². The second kappa shape index (κ2) is 2.62. The first-order valence-corrected chi connectivity index (χ1v) is 4.43. The average molecular weight is 168 g/mol. The molecule has 0 atom stereocenters. The van der Waals surface area contributed by atoms with Crippen molar-refractivity contribution >= 4 is 17.2 Å². The van der Waals surface area contributed by atoms with E-state index < -0.39 is 0 Å². The Kier molecular flexibility index (Phi) is 1.62. The van der Waals surface area contributed by atoms with Gasteiger partial charge in [0.05, 0.1) is 11.7 Å². The van der Waals surface area contributed by atoms with Crippen molar-refractivity contribution in [1.29, 1.82) is 0 Å². The summed E-state index contributed by atoms with van der Waals surface area (Å²) in [6.45, 7) is 1.83. The maximum Gasteiger partial charge on any atom is 0.265 e. The largest absolute Gasteiger partial charge is 0.338 e. The maximum atomic E-state index is 11.4.